The number of nitrogens with two attached hydrogens (primary N) is 2. The fourth-order valence-electron chi connectivity index (χ4n) is 1.33. The highest BCUT2D eigenvalue weighted by Crippen LogP contribution is 2.27. The predicted octanol–water partition coefficient (Wildman–Crippen LogP) is 0.746. The van der Waals surface area contributed by atoms with Crippen molar-refractivity contribution >= 4 is 5.96 Å². The van der Waals surface area contributed by atoms with Crippen molar-refractivity contribution in [2.24, 2.45) is 16.5 Å². The lowest BCUT2D eigenvalue weighted by Gasteiger charge is -2.09. The van der Waals surface area contributed by atoms with Gasteiger partial charge in [0.15, 0.2) is 5.96 Å². The summed E-state index contributed by atoms with van der Waals surface area (Å²) in [6.07, 6.45) is 0.734. The SMILES string of the molecule is COc1cc(OC)cc(OCCCN=C(N)N)c1. The van der Waals surface area contributed by atoms with Crippen molar-refractivity contribution in [3.05, 3.63) is 18.2 Å². The molecule has 0 aliphatic carbocycles. The first-order valence-electron chi connectivity index (χ1n) is 5.57. The average Bonchev–Trinajstić information content (AvgIpc) is 2.37. The molecule has 0 aromatic heterocycles. The maximum absolute atomic E-state index is 5.56. The van der Waals surface area contributed by atoms with Crippen LogP contribution in [0.2, 0.25) is 0 Å². The van der Waals surface area contributed by atoms with Gasteiger partial charge >= 0.3 is 0 Å². The Morgan fingerprint density at radius 1 is 1.06 bits per heavy atom. The third kappa shape index (κ3) is 4.82. The van der Waals surface area contributed by atoms with Crippen LogP contribution in [0.5, 0.6) is 17.2 Å². The molecule has 0 unspecified atom stereocenters. The molecular formula is C12H19N3O3. The van der Waals surface area contributed by atoms with Gasteiger partial charge in [0.05, 0.1) is 20.8 Å². The van der Waals surface area contributed by atoms with E-state index in [0.29, 0.717) is 30.4 Å². The highest BCUT2D eigenvalue weighted by molar-refractivity contribution is 5.75. The summed E-state index contributed by atoms with van der Waals surface area (Å²) in [6, 6.07) is 5.37. The van der Waals surface area contributed by atoms with Crippen molar-refractivity contribution in [3.63, 3.8) is 0 Å². The summed E-state index contributed by atoms with van der Waals surface area (Å²) < 4.78 is 15.8. The van der Waals surface area contributed by atoms with Crippen LogP contribution in [0.15, 0.2) is 23.2 Å². The summed E-state index contributed by atoms with van der Waals surface area (Å²) >= 11 is 0. The molecule has 0 saturated carbocycles. The van der Waals surface area contributed by atoms with Gasteiger partial charge in [-0.25, -0.2) is 0 Å². The van der Waals surface area contributed by atoms with Gasteiger partial charge < -0.3 is 25.7 Å². The van der Waals surface area contributed by atoms with Crippen LogP contribution in [-0.2, 0) is 0 Å². The molecule has 4 N–H and O–H groups in total. The van der Waals surface area contributed by atoms with Gasteiger partial charge in [-0.15, -0.1) is 0 Å². The van der Waals surface area contributed by atoms with E-state index in [1.807, 2.05) is 0 Å². The van der Waals surface area contributed by atoms with E-state index in [9.17, 15) is 0 Å². The van der Waals surface area contributed by atoms with Crippen LogP contribution in [0.4, 0.5) is 0 Å². The largest absolute Gasteiger partial charge is 0.496 e. The lowest BCUT2D eigenvalue weighted by atomic mass is 10.3. The van der Waals surface area contributed by atoms with E-state index in [1.165, 1.54) is 0 Å². The monoisotopic (exact) mass is 253 g/mol. The van der Waals surface area contributed by atoms with Crippen molar-refractivity contribution < 1.29 is 14.2 Å². The Labute approximate surface area is 107 Å². The van der Waals surface area contributed by atoms with Crippen LogP contribution in [0, 0.1) is 0 Å². The van der Waals surface area contributed by atoms with Gasteiger partial charge in [0.1, 0.15) is 17.2 Å². The second-order valence-electron chi connectivity index (χ2n) is 3.56. The normalized spacial score (nSPS) is 9.67. The molecule has 1 rings (SSSR count). The van der Waals surface area contributed by atoms with Crippen LogP contribution in [0.1, 0.15) is 6.42 Å². The molecule has 6 heteroatoms. The standard InChI is InChI=1S/C12H19N3O3/c1-16-9-6-10(17-2)8-11(7-9)18-5-3-4-15-12(13)14/h6-8H,3-5H2,1-2H3,(H4,13,14,15). The second kappa shape index (κ2) is 7.26. The number of benzene rings is 1. The summed E-state index contributed by atoms with van der Waals surface area (Å²) in [4.78, 5) is 3.87. The lowest BCUT2D eigenvalue weighted by molar-refractivity contribution is 0.307. The Morgan fingerprint density at radius 2 is 1.61 bits per heavy atom. The Hall–Kier alpha value is -2.11. The van der Waals surface area contributed by atoms with Gasteiger partial charge in [0, 0.05) is 31.2 Å². The van der Waals surface area contributed by atoms with E-state index >= 15 is 0 Å². The van der Waals surface area contributed by atoms with E-state index in [-0.39, 0.29) is 5.96 Å². The first kappa shape index (κ1) is 14.0. The number of ether oxygens (including phenoxy) is 3. The van der Waals surface area contributed by atoms with E-state index in [2.05, 4.69) is 4.99 Å². The molecule has 1 aromatic rings. The summed E-state index contributed by atoms with van der Waals surface area (Å²) in [5.74, 6) is 2.16. The summed E-state index contributed by atoms with van der Waals surface area (Å²) in [5.41, 5.74) is 10.4. The van der Waals surface area contributed by atoms with Crippen molar-refractivity contribution in [3.8, 4) is 17.2 Å². The van der Waals surface area contributed by atoms with E-state index in [0.717, 1.165) is 6.42 Å². The molecule has 0 saturated heterocycles. The minimum absolute atomic E-state index is 0.0954. The average molecular weight is 253 g/mol. The molecule has 1 aromatic carbocycles. The summed E-state index contributed by atoms with van der Waals surface area (Å²) in [7, 11) is 3.19. The van der Waals surface area contributed by atoms with E-state index < -0.39 is 0 Å². The number of guanidine groups is 1. The molecule has 0 fully saturated rings. The van der Waals surface area contributed by atoms with Gasteiger partial charge in [0.25, 0.3) is 0 Å². The quantitative estimate of drug-likeness (QED) is 0.425. The van der Waals surface area contributed by atoms with E-state index in [1.54, 1.807) is 32.4 Å². The number of methoxy groups -OCH3 is 2. The van der Waals surface area contributed by atoms with Crippen LogP contribution in [-0.4, -0.2) is 33.3 Å². The molecule has 18 heavy (non-hydrogen) atoms. The first-order valence-corrected chi connectivity index (χ1v) is 5.57. The topological polar surface area (TPSA) is 92.1 Å². The number of hydrogen-bond donors (Lipinski definition) is 2. The number of rotatable bonds is 7. The minimum atomic E-state index is 0.0954. The van der Waals surface area contributed by atoms with Crippen LogP contribution < -0.4 is 25.7 Å². The second-order valence-corrected chi connectivity index (χ2v) is 3.56. The molecule has 0 atom stereocenters. The van der Waals surface area contributed by atoms with Crippen molar-refractivity contribution in [1.82, 2.24) is 0 Å². The van der Waals surface area contributed by atoms with Crippen molar-refractivity contribution in [1.29, 1.82) is 0 Å². The molecule has 6 nitrogen and oxygen atoms in total. The Kier molecular flexibility index (Phi) is 5.63. The molecule has 0 radical (unpaired) electrons. The molecule has 0 aliphatic heterocycles. The fraction of sp³-hybridized carbons (Fsp3) is 0.417. The highest BCUT2D eigenvalue weighted by Gasteiger charge is 2.02. The predicted molar refractivity (Wildman–Crippen MR) is 70.3 cm³/mol. The highest BCUT2D eigenvalue weighted by atomic mass is 16.5. The Bertz CT molecular complexity index is 381. The van der Waals surface area contributed by atoms with Crippen LogP contribution in [0.3, 0.4) is 0 Å². The lowest BCUT2D eigenvalue weighted by Crippen LogP contribution is -2.23. The third-order valence-corrected chi connectivity index (χ3v) is 2.19. The van der Waals surface area contributed by atoms with Gasteiger partial charge in [-0.1, -0.05) is 0 Å². The number of nitrogens with zero attached hydrogens (tertiary/aromatic N) is 1. The molecule has 0 aliphatic rings. The summed E-state index contributed by atoms with van der Waals surface area (Å²) in [5, 5.41) is 0. The van der Waals surface area contributed by atoms with E-state index in [4.69, 9.17) is 25.7 Å². The first-order chi connectivity index (χ1) is 8.65. The van der Waals surface area contributed by atoms with Crippen LogP contribution in [0.25, 0.3) is 0 Å². The molecule has 0 spiro atoms. The van der Waals surface area contributed by atoms with Crippen molar-refractivity contribution in [2.75, 3.05) is 27.4 Å². The fourth-order valence-corrected chi connectivity index (χ4v) is 1.33. The summed E-state index contributed by atoms with van der Waals surface area (Å²) in [6.45, 7) is 1.07. The zero-order valence-electron chi connectivity index (χ0n) is 10.7. The maximum atomic E-state index is 5.56. The zero-order valence-corrected chi connectivity index (χ0v) is 10.7. The molecule has 0 amide bonds. The van der Waals surface area contributed by atoms with Gasteiger partial charge in [-0.05, 0) is 0 Å². The number of aliphatic imine (C=N–C) groups is 1. The Morgan fingerprint density at radius 3 is 2.11 bits per heavy atom. The maximum Gasteiger partial charge on any atom is 0.185 e. The molecule has 0 bridgehead atoms. The van der Waals surface area contributed by atoms with Crippen molar-refractivity contribution in [2.45, 2.75) is 6.42 Å². The Balaban J connectivity index is 2.48. The smallest absolute Gasteiger partial charge is 0.185 e. The number of hydrogen-bond acceptors (Lipinski definition) is 4. The molecule has 0 heterocycles. The zero-order chi connectivity index (χ0) is 13.4. The van der Waals surface area contributed by atoms with Gasteiger partial charge in [0.2, 0.25) is 0 Å². The van der Waals surface area contributed by atoms with Gasteiger partial charge in [-0.3, -0.25) is 4.99 Å². The molecular weight excluding hydrogens is 234 g/mol. The molecule has 100 valence electrons. The van der Waals surface area contributed by atoms with Crippen LogP contribution >= 0.6 is 0 Å². The third-order valence-electron chi connectivity index (χ3n) is 2.19. The minimum Gasteiger partial charge on any atom is -0.496 e. The van der Waals surface area contributed by atoms with Gasteiger partial charge in [-0.2, -0.15) is 0 Å².